The van der Waals surface area contributed by atoms with Crippen molar-refractivity contribution in [1.29, 1.82) is 0 Å². The van der Waals surface area contributed by atoms with Gasteiger partial charge in [0.2, 0.25) is 0 Å². The summed E-state index contributed by atoms with van der Waals surface area (Å²) in [7, 11) is -1.52. The van der Waals surface area contributed by atoms with Gasteiger partial charge in [0.1, 0.15) is 12.4 Å². The molecule has 2 N–H and O–H groups in total. The Kier molecular flexibility index (Phi) is 4.48. The molecule has 4 heteroatoms. The molecule has 0 amide bonds. The molecule has 0 aliphatic rings. The summed E-state index contributed by atoms with van der Waals surface area (Å²) in [5.41, 5.74) is 4.81. The van der Waals surface area contributed by atoms with Gasteiger partial charge in [0.05, 0.1) is 0 Å². The lowest BCUT2D eigenvalue weighted by molar-refractivity contribution is 0.306. The van der Waals surface area contributed by atoms with Gasteiger partial charge < -0.3 is 14.8 Å². The van der Waals surface area contributed by atoms with Crippen LogP contribution in [-0.2, 0) is 6.61 Å². The van der Waals surface area contributed by atoms with Gasteiger partial charge in [-0.05, 0) is 32.4 Å². The highest BCUT2D eigenvalue weighted by molar-refractivity contribution is 6.59. The van der Waals surface area contributed by atoms with E-state index in [-0.39, 0.29) is 0 Å². The third-order valence-corrected chi connectivity index (χ3v) is 3.12. The van der Waals surface area contributed by atoms with Crippen LogP contribution in [-0.4, -0.2) is 17.2 Å². The molecular weight excluding hydrogens is 251 g/mol. The summed E-state index contributed by atoms with van der Waals surface area (Å²) < 4.78 is 5.73. The van der Waals surface area contributed by atoms with Crippen molar-refractivity contribution in [2.24, 2.45) is 0 Å². The van der Waals surface area contributed by atoms with E-state index < -0.39 is 7.12 Å². The fraction of sp³-hybridized carbons (Fsp3) is 0.250. The molecule has 0 saturated heterocycles. The average Bonchev–Trinajstić information content (AvgIpc) is 2.36. The molecule has 2 aromatic carbocycles. The molecule has 0 heterocycles. The molecule has 0 aliphatic carbocycles. The lowest BCUT2D eigenvalue weighted by atomic mass is 9.79. The van der Waals surface area contributed by atoms with Gasteiger partial charge in [0.25, 0.3) is 0 Å². The standard InChI is InChI=1S/C16H19BO3/c1-11-4-5-16(15(9-11)17(18)19)20-10-14-7-12(2)6-13(3)8-14/h4-9,18-19H,10H2,1-3H3. The van der Waals surface area contributed by atoms with Gasteiger partial charge in [-0.25, -0.2) is 0 Å². The summed E-state index contributed by atoms with van der Waals surface area (Å²) in [6.07, 6.45) is 0. The molecule has 2 aromatic rings. The van der Waals surface area contributed by atoms with E-state index in [1.165, 1.54) is 11.1 Å². The van der Waals surface area contributed by atoms with Crippen molar-refractivity contribution >= 4 is 12.6 Å². The fourth-order valence-corrected chi connectivity index (χ4v) is 2.31. The molecular formula is C16H19BO3. The Bertz CT molecular complexity index is 588. The maximum Gasteiger partial charge on any atom is 0.492 e. The first-order chi connectivity index (χ1) is 9.45. The summed E-state index contributed by atoms with van der Waals surface area (Å²) in [6.45, 7) is 6.40. The zero-order chi connectivity index (χ0) is 14.7. The second kappa shape index (κ2) is 6.12. The molecule has 0 radical (unpaired) electrons. The van der Waals surface area contributed by atoms with E-state index in [4.69, 9.17) is 4.74 Å². The van der Waals surface area contributed by atoms with Crippen LogP contribution in [0.3, 0.4) is 0 Å². The van der Waals surface area contributed by atoms with Gasteiger partial charge in [0.15, 0.2) is 0 Å². The van der Waals surface area contributed by atoms with Crippen molar-refractivity contribution in [1.82, 2.24) is 0 Å². The highest BCUT2D eigenvalue weighted by Gasteiger charge is 2.17. The van der Waals surface area contributed by atoms with E-state index in [1.54, 1.807) is 12.1 Å². The highest BCUT2D eigenvalue weighted by Crippen LogP contribution is 2.14. The Balaban J connectivity index is 2.18. The van der Waals surface area contributed by atoms with Crippen LogP contribution in [0.25, 0.3) is 0 Å². The Morgan fingerprint density at radius 3 is 2.15 bits per heavy atom. The monoisotopic (exact) mass is 270 g/mol. The molecule has 0 atom stereocenters. The lowest BCUT2D eigenvalue weighted by Crippen LogP contribution is -2.31. The number of aryl methyl sites for hydroxylation is 3. The van der Waals surface area contributed by atoms with Gasteiger partial charge in [-0.15, -0.1) is 0 Å². The number of hydrogen-bond acceptors (Lipinski definition) is 3. The zero-order valence-corrected chi connectivity index (χ0v) is 12.1. The second-order valence-electron chi connectivity index (χ2n) is 5.20. The van der Waals surface area contributed by atoms with Crippen molar-refractivity contribution in [3.05, 3.63) is 58.7 Å². The topological polar surface area (TPSA) is 49.7 Å². The van der Waals surface area contributed by atoms with E-state index in [9.17, 15) is 10.0 Å². The van der Waals surface area contributed by atoms with E-state index in [0.717, 1.165) is 11.1 Å². The van der Waals surface area contributed by atoms with Crippen LogP contribution in [0, 0.1) is 20.8 Å². The number of hydrogen-bond donors (Lipinski definition) is 2. The van der Waals surface area contributed by atoms with E-state index in [1.807, 2.05) is 26.8 Å². The molecule has 104 valence electrons. The minimum absolute atomic E-state index is 0.398. The first-order valence-corrected chi connectivity index (χ1v) is 6.62. The Hall–Kier alpha value is -1.78. The van der Waals surface area contributed by atoms with Crippen molar-refractivity contribution in [2.75, 3.05) is 0 Å². The Morgan fingerprint density at radius 2 is 1.55 bits per heavy atom. The van der Waals surface area contributed by atoms with E-state index in [2.05, 4.69) is 18.2 Å². The van der Waals surface area contributed by atoms with Crippen molar-refractivity contribution in [3.63, 3.8) is 0 Å². The number of rotatable bonds is 4. The predicted molar refractivity (Wildman–Crippen MR) is 81.3 cm³/mol. The molecule has 0 saturated carbocycles. The first-order valence-electron chi connectivity index (χ1n) is 6.62. The van der Waals surface area contributed by atoms with Gasteiger partial charge in [-0.3, -0.25) is 0 Å². The summed E-state index contributed by atoms with van der Waals surface area (Å²) >= 11 is 0. The molecule has 0 fully saturated rings. The zero-order valence-electron chi connectivity index (χ0n) is 12.1. The van der Waals surface area contributed by atoms with Crippen LogP contribution in [0.5, 0.6) is 5.75 Å². The quantitative estimate of drug-likeness (QED) is 0.834. The third kappa shape index (κ3) is 3.62. The SMILES string of the molecule is Cc1cc(C)cc(COc2ccc(C)cc2B(O)O)c1. The van der Waals surface area contributed by atoms with Crippen LogP contribution in [0.1, 0.15) is 22.3 Å². The van der Waals surface area contributed by atoms with Crippen LogP contribution >= 0.6 is 0 Å². The molecule has 0 aromatic heterocycles. The molecule has 2 rings (SSSR count). The summed E-state index contributed by atoms with van der Waals surface area (Å²) in [6, 6.07) is 11.6. The summed E-state index contributed by atoms with van der Waals surface area (Å²) in [5.74, 6) is 0.504. The van der Waals surface area contributed by atoms with E-state index in [0.29, 0.717) is 17.8 Å². The minimum Gasteiger partial charge on any atom is -0.489 e. The van der Waals surface area contributed by atoms with Crippen LogP contribution in [0.2, 0.25) is 0 Å². The molecule has 0 aliphatic heterocycles. The maximum absolute atomic E-state index is 9.39. The van der Waals surface area contributed by atoms with Gasteiger partial charge >= 0.3 is 7.12 Å². The van der Waals surface area contributed by atoms with Crippen molar-refractivity contribution in [3.8, 4) is 5.75 Å². The first kappa shape index (κ1) is 14.6. The molecule has 20 heavy (non-hydrogen) atoms. The van der Waals surface area contributed by atoms with Gasteiger partial charge in [-0.1, -0.05) is 47.0 Å². The molecule has 3 nitrogen and oxygen atoms in total. The fourth-order valence-electron chi connectivity index (χ4n) is 2.31. The molecule has 0 spiro atoms. The van der Waals surface area contributed by atoms with Crippen molar-refractivity contribution in [2.45, 2.75) is 27.4 Å². The number of benzene rings is 2. The smallest absolute Gasteiger partial charge is 0.489 e. The van der Waals surface area contributed by atoms with Crippen LogP contribution in [0.4, 0.5) is 0 Å². The molecule has 0 unspecified atom stereocenters. The van der Waals surface area contributed by atoms with Crippen LogP contribution < -0.4 is 10.2 Å². The van der Waals surface area contributed by atoms with E-state index >= 15 is 0 Å². The van der Waals surface area contributed by atoms with Crippen LogP contribution in [0.15, 0.2) is 36.4 Å². The lowest BCUT2D eigenvalue weighted by Gasteiger charge is -2.12. The van der Waals surface area contributed by atoms with Gasteiger partial charge in [-0.2, -0.15) is 0 Å². The Morgan fingerprint density at radius 1 is 0.900 bits per heavy atom. The highest BCUT2D eigenvalue weighted by atomic mass is 16.5. The normalized spacial score (nSPS) is 10.4. The largest absolute Gasteiger partial charge is 0.492 e. The Labute approximate surface area is 120 Å². The maximum atomic E-state index is 9.39. The third-order valence-electron chi connectivity index (χ3n) is 3.12. The predicted octanol–water partition coefficient (Wildman–Crippen LogP) is 1.87. The number of ether oxygens (including phenoxy) is 1. The van der Waals surface area contributed by atoms with Crippen molar-refractivity contribution < 1.29 is 14.8 Å². The summed E-state index contributed by atoms with van der Waals surface area (Å²) in [4.78, 5) is 0. The average molecular weight is 270 g/mol. The summed E-state index contributed by atoms with van der Waals surface area (Å²) in [5, 5.41) is 18.8. The second-order valence-corrected chi connectivity index (χ2v) is 5.20. The minimum atomic E-state index is -1.52. The molecule has 0 bridgehead atoms. The van der Waals surface area contributed by atoms with Gasteiger partial charge in [0, 0.05) is 5.46 Å².